The van der Waals surface area contributed by atoms with Crippen molar-refractivity contribution in [2.24, 2.45) is 0 Å². The third-order valence-corrected chi connectivity index (χ3v) is 8.05. The molecule has 1 heterocycles. The molecule has 0 spiro atoms. The highest BCUT2D eigenvalue weighted by atomic mass is 35.5. The Hall–Kier alpha value is -1.84. The first kappa shape index (κ1) is 21.9. The average molecular weight is 456 g/mol. The van der Waals surface area contributed by atoms with Crippen molar-refractivity contribution in [2.45, 2.75) is 47.4 Å². The number of amides is 1. The number of sulfone groups is 1. The number of thioether (sulfide) groups is 1. The Morgan fingerprint density at radius 2 is 1.97 bits per heavy atom. The second-order valence-corrected chi connectivity index (χ2v) is 10.3. The standard InChI is InChI=1S/C19H22ClN3O4S2/c1-27-16-8-7-13(11-15(16)20)21-17(24)12-28-18-9-10-19(23-22-18)29(25,26)14-5-3-2-4-6-14/h7-11,14H,2-6,12H2,1H3,(H,21,24). The van der Waals surface area contributed by atoms with Crippen LogP contribution in [0.1, 0.15) is 32.1 Å². The molecule has 2 aromatic rings. The van der Waals surface area contributed by atoms with Gasteiger partial charge >= 0.3 is 0 Å². The summed E-state index contributed by atoms with van der Waals surface area (Å²) in [5, 5.41) is 11.1. The fourth-order valence-electron chi connectivity index (χ4n) is 3.16. The quantitative estimate of drug-likeness (QED) is 0.630. The van der Waals surface area contributed by atoms with Gasteiger partial charge in [-0.25, -0.2) is 8.42 Å². The maximum Gasteiger partial charge on any atom is 0.234 e. The molecule has 0 bridgehead atoms. The van der Waals surface area contributed by atoms with Crippen LogP contribution in [-0.2, 0) is 14.6 Å². The van der Waals surface area contributed by atoms with Crippen LogP contribution in [0.25, 0.3) is 0 Å². The molecule has 1 fully saturated rings. The van der Waals surface area contributed by atoms with Crippen LogP contribution in [0.15, 0.2) is 40.4 Å². The molecule has 0 unspecified atom stereocenters. The van der Waals surface area contributed by atoms with Crippen LogP contribution in [0, 0.1) is 0 Å². The third kappa shape index (κ3) is 5.61. The Kier molecular flexibility index (Phi) is 7.37. The minimum absolute atomic E-state index is 0.00563. The van der Waals surface area contributed by atoms with Gasteiger partial charge in [0.15, 0.2) is 14.9 Å². The number of hydrogen-bond acceptors (Lipinski definition) is 7. The van der Waals surface area contributed by atoms with Crippen LogP contribution >= 0.6 is 23.4 Å². The van der Waals surface area contributed by atoms with Crippen LogP contribution in [0.3, 0.4) is 0 Å². The van der Waals surface area contributed by atoms with Gasteiger partial charge in [-0.3, -0.25) is 4.79 Å². The fourth-order valence-corrected chi connectivity index (χ4v) is 5.74. The van der Waals surface area contributed by atoms with Gasteiger partial charge in [0.25, 0.3) is 0 Å². The maximum atomic E-state index is 12.6. The van der Waals surface area contributed by atoms with Gasteiger partial charge in [0, 0.05) is 5.69 Å². The van der Waals surface area contributed by atoms with E-state index in [1.165, 1.54) is 24.9 Å². The van der Waals surface area contributed by atoms with Gasteiger partial charge in [-0.05, 0) is 43.2 Å². The molecule has 7 nitrogen and oxygen atoms in total. The number of rotatable bonds is 7. The highest BCUT2D eigenvalue weighted by Gasteiger charge is 2.30. The second kappa shape index (κ2) is 9.77. The molecule has 1 aliphatic rings. The first-order valence-corrected chi connectivity index (χ1v) is 12.1. The lowest BCUT2D eigenvalue weighted by atomic mass is 10.0. The van der Waals surface area contributed by atoms with E-state index in [0.717, 1.165) is 19.3 Å². The molecule has 1 saturated carbocycles. The minimum atomic E-state index is -3.45. The monoisotopic (exact) mass is 455 g/mol. The van der Waals surface area contributed by atoms with E-state index in [0.29, 0.717) is 34.3 Å². The Labute approximate surface area is 179 Å². The molecular formula is C19H22ClN3O4S2. The average Bonchev–Trinajstić information content (AvgIpc) is 2.73. The number of carbonyl (C=O) groups excluding carboxylic acids is 1. The number of halogens is 1. The van der Waals surface area contributed by atoms with E-state index in [2.05, 4.69) is 15.5 Å². The largest absolute Gasteiger partial charge is 0.495 e. The van der Waals surface area contributed by atoms with Crippen LogP contribution in [0.5, 0.6) is 5.75 Å². The SMILES string of the molecule is COc1ccc(NC(=O)CSc2ccc(S(=O)(=O)C3CCCCC3)nn2)cc1Cl. The number of aromatic nitrogens is 2. The van der Waals surface area contributed by atoms with E-state index in [1.54, 1.807) is 24.3 Å². The summed E-state index contributed by atoms with van der Waals surface area (Å²) in [7, 11) is -1.93. The molecule has 1 aliphatic carbocycles. The number of anilines is 1. The highest BCUT2D eigenvalue weighted by Crippen LogP contribution is 2.29. The number of carbonyl (C=O) groups is 1. The summed E-state index contributed by atoms with van der Waals surface area (Å²) in [6, 6.07) is 8.03. The molecule has 0 radical (unpaired) electrons. The summed E-state index contributed by atoms with van der Waals surface area (Å²) in [5.41, 5.74) is 0.557. The summed E-state index contributed by atoms with van der Waals surface area (Å²) in [5.74, 6) is 0.391. The van der Waals surface area contributed by atoms with E-state index in [9.17, 15) is 13.2 Å². The number of hydrogen-bond donors (Lipinski definition) is 1. The summed E-state index contributed by atoms with van der Waals surface area (Å²) >= 11 is 7.22. The number of nitrogens with zero attached hydrogens (tertiary/aromatic N) is 2. The van der Waals surface area contributed by atoms with Crippen molar-refractivity contribution >= 4 is 44.8 Å². The minimum Gasteiger partial charge on any atom is -0.495 e. The van der Waals surface area contributed by atoms with Gasteiger partial charge < -0.3 is 10.1 Å². The third-order valence-electron chi connectivity index (χ3n) is 4.68. The molecule has 1 amide bonds. The zero-order chi connectivity index (χ0) is 20.9. The van der Waals surface area contributed by atoms with E-state index < -0.39 is 9.84 Å². The smallest absolute Gasteiger partial charge is 0.234 e. The Morgan fingerprint density at radius 1 is 1.21 bits per heavy atom. The lowest BCUT2D eigenvalue weighted by molar-refractivity contribution is -0.113. The molecule has 1 aromatic heterocycles. The molecular weight excluding hydrogens is 434 g/mol. The predicted octanol–water partition coefficient (Wildman–Crippen LogP) is 3.98. The van der Waals surface area contributed by atoms with E-state index >= 15 is 0 Å². The summed E-state index contributed by atoms with van der Waals surface area (Å²) in [4.78, 5) is 12.1. The number of ether oxygens (including phenoxy) is 1. The van der Waals surface area contributed by atoms with Gasteiger partial charge in [0.1, 0.15) is 10.8 Å². The molecule has 3 rings (SSSR count). The Morgan fingerprint density at radius 3 is 2.59 bits per heavy atom. The van der Waals surface area contributed by atoms with Crippen LogP contribution in [0.2, 0.25) is 5.02 Å². The Balaban J connectivity index is 1.56. The predicted molar refractivity (Wildman–Crippen MR) is 113 cm³/mol. The van der Waals surface area contributed by atoms with Crippen molar-refractivity contribution < 1.29 is 17.9 Å². The number of nitrogens with one attached hydrogen (secondary N) is 1. The summed E-state index contributed by atoms with van der Waals surface area (Å²) in [6.07, 6.45) is 4.30. The normalized spacial score (nSPS) is 15.1. The van der Waals surface area contributed by atoms with Crippen LogP contribution in [0.4, 0.5) is 5.69 Å². The van der Waals surface area contributed by atoms with Crippen molar-refractivity contribution in [1.82, 2.24) is 10.2 Å². The molecule has 0 atom stereocenters. The van der Waals surface area contributed by atoms with Gasteiger partial charge in [-0.2, -0.15) is 0 Å². The molecule has 0 saturated heterocycles. The van der Waals surface area contributed by atoms with Crippen LogP contribution < -0.4 is 10.1 Å². The molecule has 0 aliphatic heterocycles. The van der Waals surface area contributed by atoms with Gasteiger partial charge in [-0.1, -0.05) is 42.6 Å². The van der Waals surface area contributed by atoms with Gasteiger partial charge in [0.05, 0.1) is 23.1 Å². The van der Waals surface area contributed by atoms with Crippen molar-refractivity contribution in [2.75, 3.05) is 18.2 Å². The first-order valence-electron chi connectivity index (χ1n) is 9.24. The molecule has 1 aromatic carbocycles. The maximum absolute atomic E-state index is 12.6. The van der Waals surface area contributed by atoms with Crippen LogP contribution in [-0.4, -0.2) is 42.6 Å². The summed E-state index contributed by atoms with van der Waals surface area (Å²) < 4.78 is 30.4. The van der Waals surface area contributed by atoms with Crippen molar-refractivity contribution in [3.8, 4) is 5.75 Å². The topological polar surface area (TPSA) is 98.2 Å². The molecule has 29 heavy (non-hydrogen) atoms. The van der Waals surface area contributed by atoms with E-state index in [-0.39, 0.29) is 21.9 Å². The zero-order valence-electron chi connectivity index (χ0n) is 15.9. The van der Waals surface area contributed by atoms with Crippen molar-refractivity contribution in [1.29, 1.82) is 0 Å². The van der Waals surface area contributed by atoms with Gasteiger partial charge in [0.2, 0.25) is 5.91 Å². The lowest BCUT2D eigenvalue weighted by Crippen LogP contribution is -2.25. The number of methoxy groups -OCH3 is 1. The summed E-state index contributed by atoms with van der Waals surface area (Å²) in [6.45, 7) is 0. The first-order chi connectivity index (χ1) is 13.9. The van der Waals surface area contributed by atoms with Gasteiger partial charge in [-0.15, -0.1) is 10.2 Å². The van der Waals surface area contributed by atoms with Crippen molar-refractivity contribution in [3.63, 3.8) is 0 Å². The fraction of sp³-hybridized carbons (Fsp3) is 0.421. The second-order valence-electron chi connectivity index (χ2n) is 6.70. The number of benzene rings is 1. The zero-order valence-corrected chi connectivity index (χ0v) is 18.3. The lowest BCUT2D eigenvalue weighted by Gasteiger charge is -2.20. The molecule has 1 N–H and O–H groups in total. The highest BCUT2D eigenvalue weighted by molar-refractivity contribution is 7.99. The molecule has 10 heteroatoms. The van der Waals surface area contributed by atoms with E-state index in [4.69, 9.17) is 16.3 Å². The van der Waals surface area contributed by atoms with Crippen molar-refractivity contribution in [3.05, 3.63) is 35.4 Å². The Bertz CT molecular complexity index is 962. The van der Waals surface area contributed by atoms with E-state index in [1.807, 2.05) is 0 Å². The molecule has 156 valence electrons.